The minimum atomic E-state index is -0.953. The average molecular weight is 542 g/mol. The standard InChI is InChI=1S/C28H33F2N5O4/c1-37-22-13-23(38-2)25(30)26(24(22)29)35-17-19-16-33-21(12-20(19)28(4-5-28)27(35)36)18(14-31)15-32-6-3-7-34-8-10-39-11-9-34/h12-16H,3-11,17,31H2,1-2H3. The number of carbonyl (C=O) groups excluding carboxylic acids is 1. The minimum Gasteiger partial charge on any atom is -0.493 e. The van der Waals surface area contributed by atoms with E-state index in [-0.39, 0.29) is 24.0 Å². The van der Waals surface area contributed by atoms with Crippen molar-refractivity contribution in [3.05, 3.63) is 53.0 Å². The molecule has 0 atom stereocenters. The first kappa shape index (κ1) is 27.0. The highest BCUT2D eigenvalue weighted by Gasteiger charge is 2.57. The Kier molecular flexibility index (Phi) is 7.81. The number of rotatable bonds is 9. The predicted octanol–water partition coefficient (Wildman–Crippen LogP) is 3.05. The Balaban J connectivity index is 1.37. The van der Waals surface area contributed by atoms with Gasteiger partial charge in [-0.15, -0.1) is 0 Å². The van der Waals surface area contributed by atoms with E-state index in [1.54, 1.807) is 12.4 Å². The lowest BCUT2D eigenvalue weighted by atomic mass is 9.86. The minimum absolute atomic E-state index is 0.0370. The van der Waals surface area contributed by atoms with Gasteiger partial charge >= 0.3 is 0 Å². The van der Waals surface area contributed by atoms with Crippen molar-refractivity contribution in [3.63, 3.8) is 0 Å². The van der Waals surface area contributed by atoms with Crippen molar-refractivity contribution in [3.8, 4) is 11.5 Å². The first-order valence-electron chi connectivity index (χ1n) is 13.1. The number of hydrogen-bond acceptors (Lipinski definition) is 8. The van der Waals surface area contributed by atoms with Crippen molar-refractivity contribution < 1.29 is 27.8 Å². The molecule has 1 amide bonds. The summed E-state index contributed by atoms with van der Waals surface area (Å²) in [4.78, 5) is 26.3. The van der Waals surface area contributed by atoms with Gasteiger partial charge in [0.1, 0.15) is 5.69 Å². The quantitative estimate of drug-likeness (QED) is 0.385. The number of aliphatic imine (C=N–C) groups is 1. The summed E-state index contributed by atoms with van der Waals surface area (Å²) in [5.41, 5.74) is 7.33. The van der Waals surface area contributed by atoms with Crippen LogP contribution >= 0.6 is 0 Å². The monoisotopic (exact) mass is 541 g/mol. The van der Waals surface area contributed by atoms with Crippen LogP contribution in [0.4, 0.5) is 14.5 Å². The number of nitrogens with two attached hydrogens (primary N) is 1. The van der Waals surface area contributed by atoms with E-state index < -0.39 is 22.7 Å². The van der Waals surface area contributed by atoms with E-state index >= 15 is 8.78 Å². The lowest BCUT2D eigenvalue weighted by molar-refractivity contribution is -0.121. The van der Waals surface area contributed by atoms with Gasteiger partial charge in [0.25, 0.3) is 0 Å². The van der Waals surface area contributed by atoms with Crippen molar-refractivity contribution in [1.29, 1.82) is 0 Å². The van der Waals surface area contributed by atoms with Gasteiger partial charge in [-0.05, 0) is 36.5 Å². The van der Waals surface area contributed by atoms with Crippen LogP contribution in [0.15, 0.2) is 29.5 Å². The van der Waals surface area contributed by atoms with E-state index in [0.717, 1.165) is 61.4 Å². The highest BCUT2D eigenvalue weighted by Crippen LogP contribution is 2.55. The van der Waals surface area contributed by atoms with Crippen molar-refractivity contribution in [1.82, 2.24) is 9.88 Å². The van der Waals surface area contributed by atoms with Crippen molar-refractivity contribution in [2.45, 2.75) is 31.2 Å². The molecule has 3 heterocycles. The number of benzene rings is 1. The van der Waals surface area contributed by atoms with Crippen LogP contribution in [0.25, 0.3) is 5.57 Å². The van der Waals surface area contributed by atoms with Gasteiger partial charge in [0.2, 0.25) is 5.91 Å². The summed E-state index contributed by atoms with van der Waals surface area (Å²) in [6.07, 6.45) is 6.86. The molecule has 39 heavy (non-hydrogen) atoms. The number of hydrogen-bond donors (Lipinski definition) is 1. The van der Waals surface area contributed by atoms with Crippen LogP contribution in [0.5, 0.6) is 11.5 Å². The number of morpholine rings is 1. The number of amides is 1. The summed E-state index contributed by atoms with van der Waals surface area (Å²) in [6, 6.07) is 2.98. The van der Waals surface area contributed by atoms with E-state index in [2.05, 4.69) is 14.9 Å². The molecule has 1 aromatic heterocycles. The molecule has 0 bridgehead atoms. The number of aromatic nitrogens is 1. The first-order valence-corrected chi connectivity index (χ1v) is 13.1. The number of carbonyl (C=O) groups is 1. The van der Waals surface area contributed by atoms with Crippen molar-refractivity contribution in [2.75, 3.05) is 58.5 Å². The first-order chi connectivity index (χ1) is 18.9. The number of anilines is 1. The average Bonchev–Trinajstić information content (AvgIpc) is 3.76. The molecule has 11 heteroatoms. The molecule has 2 aromatic rings. The lowest BCUT2D eigenvalue weighted by Gasteiger charge is -2.35. The van der Waals surface area contributed by atoms with E-state index in [4.69, 9.17) is 19.9 Å². The molecule has 1 saturated heterocycles. The van der Waals surface area contributed by atoms with Crippen LogP contribution in [-0.2, 0) is 21.5 Å². The van der Waals surface area contributed by atoms with Gasteiger partial charge < -0.3 is 24.8 Å². The molecule has 208 valence electrons. The molecule has 0 unspecified atom stereocenters. The van der Waals surface area contributed by atoms with Crippen molar-refractivity contribution >= 4 is 23.4 Å². The fraction of sp³-hybridized carbons (Fsp3) is 0.464. The maximum absolute atomic E-state index is 15.3. The van der Waals surface area contributed by atoms with Gasteiger partial charge in [-0.1, -0.05) is 0 Å². The highest BCUT2D eigenvalue weighted by molar-refractivity contribution is 6.09. The normalized spacial score (nSPS) is 19.0. The molecule has 3 aliphatic rings. The molecule has 5 rings (SSSR count). The Hall–Kier alpha value is -3.57. The summed E-state index contributed by atoms with van der Waals surface area (Å²) in [6.45, 7) is 5.00. The van der Waals surface area contributed by atoms with Crippen LogP contribution < -0.4 is 20.1 Å². The molecular weight excluding hydrogens is 508 g/mol. The second kappa shape index (κ2) is 11.3. The number of ether oxygens (including phenoxy) is 3. The molecule has 2 N–H and O–H groups in total. The number of methoxy groups -OCH3 is 2. The van der Waals surface area contributed by atoms with E-state index in [9.17, 15) is 4.79 Å². The van der Waals surface area contributed by atoms with Gasteiger partial charge in [0.05, 0.1) is 45.1 Å². The Morgan fingerprint density at radius 1 is 1.18 bits per heavy atom. The van der Waals surface area contributed by atoms with Gasteiger partial charge in [0.15, 0.2) is 23.1 Å². The Morgan fingerprint density at radius 3 is 2.49 bits per heavy atom. The number of halogens is 2. The molecule has 2 fully saturated rings. The fourth-order valence-corrected chi connectivity index (χ4v) is 5.29. The van der Waals surface area contributed by atoms with Gasteiger partial charge in [-0.3, -0.25) is 19.7 Å². The fourth-order valence-electron chi connectivity index (χ4n) is 5.29. The third-order valence-electron chi connectivity index (χ3n) is 7.63. The van der Waals surface area contributed by atoms with Crippen LogP contribution in [0.3, 0.4) is 0 Å². The largest absolute Gasteiger partial charge is 0.493 e. The summed E-state index contributed by atoms with van der Waals surface area (Å²) < 4.78 is 46.1. The van der Waals surface area contributed by atoms with Crippen molar-refractivity contribution in [2.24, 2.45) is 10.7 Å². The molecule has 0 radical (unpaired) electrons. The van der Waals surface area contributed by atoms with E-state index in [0.29, 0.717) is 30.7 Å². The van der Waals surface area contributed by atoms with Gasteiger partial charge in [-0.25, -0.2) is 8.78 Å². The highest BCUT2D eigenvalue weighted by atomic mass is 19.1. The summed E-state index contributed by atoms with van der Waals surface area (Å²) in [5.74, 6) is -2.68. The third kappa shape index (κ3) is 5.08. The van der Waals surface area contributed by atoms with Gasteiger partial charge in [-0.2, -0.15) is 0 Å². The van der Waals surface area contributed by atoms with Crippen LogP contribution in [0, 0.1) is 11.6 Å². The number of fused-ring (bicyclic) bond motifs is 2. The maximum atomic E-state index is 15.3. The smallest absolute Gasteiger partial charge is 0.238 e. The summed E-state index contributed by atoms with van der Waals surface area (Å²) in [7, 11) is 2.55. The Bertz CT molecular complexity index is 1280. The summed E-state index contributed by atoms with van der Waals surface area (Å²) in [5, 5.41) is 0. The number of allylic oxidation sites excluding steroid dienone is 1. The van der Waals surface area contributed by atoms with Crippen LogP contribution in [-0.4, -0.2) is 75.6 Å². The molecule has 1 aromatic carbocycles. The molecule has 2 aliphatic heterocycles. The molecule has 1 saturated carbocycles. The molecular formula is C28H33F2N5O4. The molecule has 9 nitrogen and oxygen atoms in total. The Labute approximate surface area is 226 Å². The maximum Gasteiger partial charge on any atom is 0.238 e. The number of pyridine rings is 1. The Morgan fingerprint density at radius 2 is 1.87 bits per heavy atom. The van der Waals surface area contributed by atoms with Gasteiger partial charge in [0, 0.05) is 56.4 Å². The number of nitrogens with zero attached hydrogens (tertiary/aromatic N) is 4. The SMILES string of the molecule is COc1cc(OC)c(F)c(N2Cc3cnc(C(C=NCCCN4CCOCC4)=CN)cc3C3(CC3)C2=O)c1F. The predicted molar refractivity (Wildman–Crippen MR) is 143 cm³/mol. The van der Waals surface area contributed by atoms with E-state index in [1.807, 2.05) is 6.07 Å². The van der Waals surface area contributed by atoms with E-state index in [1.165, 1.54) is 20.4 Å². The van der Waals surface area contributed by atoms with Crippen LogP contribution in [0.2, 0.25) is 0 Å². The zero-order valence-corrected chi connectivity index (χ0v) is 22.2. The molecule has 1 aliphatic carbocycles. The second-order valence-corrected chi connectivity index (χ2v) is 9.92. The topological polar surface area (TPSA) is 103 Å². The zero-order valence-electron chi connectivity index (χ0n) is 22.2. The molecule has 1 spiro atoms. The zero-order chi connectivity index (χ0) is 27.6. The summed E-state index contributed by atoms with van der Waals surface area (Å²) >= 11 is 0. The lowest BCUT2D eigenvalue weighted by Crippen LogP contribution is -2.45. The van der Waals surface area contributed by atoms with Crippen LogP contribution in [0.1, 0.15) is 36.1 Å². The third-order valence-corrected chi connectivity index (χ3v) is 7.63. The second-order valence-electron chi connectivity index (χ2n) is 9.92.